The zero-order valence-electron chi connectivity index (χ0n) is 19.4. The highest BCUT2D eigenvalue weighted by atomic mass is 16.5. The van der Waals surface area contributed by atoms with E-state index in [4.69, 9.17) is 10.5 Å². The summed E-state index contributed by atoms with van der Waals surface area (Å²) >= 11 is 0. The van der Waals surface area contributed by atoms with Crippen molar-refractivity contribution in [1.82, 2.24) is 14.7 Å². The van der Waals surface area contributed by atoms with Crippen molar-refractivity contribution in [3.63, 3.8) is 0 Å². The summed E-state index contributed by atoms with van der Waals surface area (Å²) in [7, 11) is 4.34. The third-order valence-corrected chi connectivity index (χ3v) is 6.00. The summed E-state index contributed by atoms with van der Waals surface area (Å²) in [5, 5.41) is 0. The van der Waals surface area contributed by atoms with Crippen LogP contribution in [-0.4, -0.2) is 90.8 Å². The number of esters is 1. The molecule has 9 nitrogen and oxygen atoms in total. The molecule has 9 heteroatoms. The number of nitrogens with zero attached hydrogens (tertiary/aromatic N) is 3. The lowest BCUT2D eigenvalue weighted by Crippen LogP contribution is -2.55. The fourth-order valence-corrected chi connectivity index (χ4v) is 3.78. The summed E-state index contributed by atoms with van der Waals surface area (Å²) in [5.41, 5.74) is 6.09. The van der Waals surface area contributed by atoms with Crippen LogP contribution in [0.3, 0.4) is 0 Å². The molecule has 4 atom stereocenters. The van der Waals surface area contributed by atoms with E-state index >= 15 is 0 Å². The number of ether oxygens (including phenoxy) is 1. The molecular weight excluding hydrogens is 388 g/mol. The van der Waals surface area contributed by atoms with Crippen LogP contribution >= 0.6 is 0 Å². The van der Waals surface area contributed by atoms with Crippen molar-refractivity contribution >= 4 is 23.7 Å². The highest BCUT2D eigenvalue weighted by Crippen LogP contribution is 2.22. The van der Waals surface area contributed by atoms with E-state index in [9.17, 15) is 19.2 Å². The fourth-order valence-electron chi connectivity index (χ4n) is 3.78. The van der Waals surface area contributed by atoms with Gasteiger partial charge in [0.1, 0.15) is 12.1 Å². The Kier molecular flexibility index (Phi) is 9.74. The van der Waals surface area contributed by atoms with Gasteiger partial charge in [0.2, 0.25) is 17.7 Å². The van der Waals surface area contributed by atoms with Crippen molar-refractivity contribution < 1.29 is 23.9 Å². The largest absolute Gasteiger partial charge is 0.467 e. The summed E-state index contributed by atoms with van der Waals surface area (Å²) in [6.45, 7) is 7.83. The number of amides is 3. The van der Waals surface area contributed by atoms with Crippen LogP contribution < -0.4 is 5.73 Å². The van der Waals surface area contributed by atoms with E-state index in [1.165, 1.54) is 31.0 Å². The molecule has 0 saturated carbocycles. The summed E-state index contributed by atoms with van der Waals surface area (Å²) in [4.78, 5) is 54.7. The number of rotatable bonds is 9. The molecule has 0 radical (unpaired) electrons. The van der Waals surface area contributed by atoms with E-state index in [1.54, 1.807) is 4.90 Å². The first-order valence-electron chi connectivity index (χ1n) is 10.6. The maximum atomic E-state index is 13.0. The van der Waals surface area contributed by atoms with E-state index in [0.717, 1.165) is 12.8 Å². The third-order valence-electron chi connectivity index (χ3n) is 6.00. The Labute approximate surface area is 179 Å². The van der Waals surface area contributed by atoms with Gasteiger partial charge in [0, 0.05) is 20.6 Å². The Morgan fingerprint density at radius 1 is 1.17 bits per heavy atom. The minimum absolute atomic E-state index is 0.0214. The molecule has 0 aromatic rings. The van der Waals surface area contributed by atoms with Crippen molar-refractivity contribution in [3.8, 4) is 0 Å². The Bertz CT molecular complexity index is 639. The number of hydrogen-bond acceptors (Lipinski definition) is 6. The molecular formula is C21H38N4O5. The molecule has 0 spiro atoms. The van der Waals surface area contributed by atoms with Crippen molar-refractivity contribution in [2.75, 3.05) is 34.3 Å². The molecule has 0 aromatic carbocycles. The molecule has 0 bridgehead atoms. The normalized spacial score (nSPS) is 19.2. The van der Waals surface area contributed by atoms with Gasteiger partial charge in [-0.3, -0.25) is 14.4 Å². The summed E-state index contributed by atoms with van der Waals surface area (Å²) in [6.07, 6.45) is 2.04. The smallest absolute Gasteiger partial charge is 0.328 e. The van der Waals surface area contributed by atoms with Gasteiger partial charge in [-0.15, -0.1) is 0 Å². The Morgan fingerprint density at radius 2 is 1.77 bits per heavy atom. The number of carbonyl (C=O) groups is 4. The fraction of sp³-hybridized carbons (Fsp3) is 0.810. The number of likely N-dealkylation sites (N-methyl/N-ethyl adjacent to an activating group) is 2. The van der Waals surface area contributed by atoms with Crippen LogP contribution in [0.4, 0.5) is 0 Å². The summed E-state index contributed by atoms with van der Waals surface area (Å²) < 4.78 is 4.80. The first kappa shape index (κ1) is 25.9. The predicted molar refractivity (Wildman–Crippen MR) is 113 cm³/mol. The van der Waals surface area contributed by atoms with Crippen LogP contribution in [0, 0.1) is 11.8 Å². The van der Waals surface area contributed by atoms with E-state index in [1.807, 2.05) is 27.7 Å². The maximum Gasteiger partial charge on any atom is 0.328 e. The molecule has 1 fully saturated rings. The molecule has 0 aliphatic carbocycles. The van der Waals surface area contributed by atoms with Crippen molar-refractivity contribution in [2.45, 2.75) is 65.1 Å². The van der Waals surface area contributed by atoms with Crippen molar-refractivity contribution in [3.05, 3.63) is 0 Å². The summed E-state index contributed by atoms with van der Waals surface area (Å²) in [5.74, 6) is -1.50. The van der Waals surface area contributed by atoms with Crippen molar-refractivity contribution in [1.29, 1.82) is 0 Å². The zero-order valence-corrected chi connectivity index (χ0v) is 19.4. The molecule has 30 heavy (non-hydrogen) atoms. The van der Waals surface area contributed by atoms with Crippen LogP contribution in [0.15, 0.2) is 0 Å². The van der Waals surface area contributed by atoms with Gasteiger partial charge in [-0.1, -0.05) is 34.1 Å². The predicted octanol–water partition coefficient (Wildman–Crippen LogP) is 0.465. The molecule has 1 aliphatic rings. The van der Waals surface area contributed by atoms with Crippen LogP contribution in [-0.2, 0) is 23.9 Å². The average Bonchev–Trinajstić information content (AvgIpc) is 3.20. The number of hydrogen-bond donors (Lipinski definition) is 1. The molecule has 3 amide bonds. The number of nitrogens with two attached hydrogens (primary N) is 1. The second kappa shape index (κ2) is 11.3. The van der Waals surface area contributed by atoms with Gasteiger partial charge in [0.15, 0.2) is 0 Å². The maximum absolute atomic E-state index is 13.0. The zero-order chi connectivity index (χ0) is 23.2. The monoisotopic (exact) mass is 426 g/mol. The van der Waals surface area contributed by atoms with E-state index in [0.29, 0.717) is 13.0 Å². The van der Waals surface area contributed by atoms with Crippen LogP contribution in [0.25, 0.3) is 0 Å². The van der Waals surface area contributed by atoms with Gasteiger partial charge in [0.25, 0.3) is 0 Å². The van der Waals surface area contributed by atoms with E-state index in [-0.39, 0.29) is 36.1 Å². The van der Waals surface area contributed by atoms with E-state index in [2.05, 4.69) is 0 Å². The lowest BCUT2D eigenvalue weighted by Gasteiger charge is -2.33. The van der Waals surface area contributed by atoms with Crippen LogP contribution in [0.5, 0.6) is 0 Å². The third kappa shape index (κ3) is 5.93. The minimum Gasteiger partial charge on any atom is -0.467 e. The Balaban J connectivity index is 2.84. The molecule has 172 valence electrons. The molecule has 1 saturated heterocycles. The lowest BCUT2D eigenvalue weighted by molar-refractivity contribution is -0.155. The minimum atomic E-state index is -0.732. The first-order valence-corrected chi connectivity index (χ1v) is 10.6. The van der Waals surface area contributed by atoms with Crippen LogP contribution in [0.1, 0.15) is 47.0 Å². The quantitative estimate of drug-likeness (QED) is 0.536. The highest BCUT2D eigenvalue weighted by Gasteiger charge is 2.39. The van der Waals surface area contributed by atoms with Crippen LogP contribution in [0.2, 0.25) is 0 Å². The molecule has 1 aliphatic heterocycles. The van der Waals surface area contributed by atoms with E-state index < -0.39 is 24.1 Å². The average molecular weight is 427 g/mol. The molecule has 2 unspecified atom stereocenters. The molecule has 1 heterocycles. The summed E-state index contributed by atoms with van der Waals surface area (Å²) in [6, 6.07) is -1.99. The van der Waals surface area contributed by atoms with Gasteiger partial charge < -0.3 is 25.2 Å². The SMILES string of the molecule is CCC(C)C(N)C(=O)N1CCC[C@H]1C(=O)N(C)CC(=O)N(C)[C@H](C(=O)OC)C(C)C. The van der Waals surface area contributed by atoms with Gasteiger partial charge in [-0.25, -0.2) is 4.79 Å². The number of carbonyl (C=O) groups excluding carboxylic acids is 4. The standard InChI is InChI=1S/C21H38N4O5/c1-8-14(4)17(22)20(28)25-11-9-10-15(25)19(27)23(5)12-16(26)24(6)18(13(2)3)21(29)30-7/h13-15,17-18H,8-12,22H2,1-7H3/t14?,15-,17?,18-/m0/s1. The Morgan fingerprint density at radius 3 is 2.27 bits per heavy atom. The molecule has 2 N–H and O–H groups in total. The van der Waals surface area contributed by atoms with Crippen molar-refractivity contribution in [2.24, 2.45) is 17.6 Å². The first-order chi connectivity index (χ1) is 14.0. The molecule has 0 aromatic heterocycles. The number of methoxy groups -OCH3 is 1. The lowest BCUT2D eigenvalue weighted by atomic mass is 9.98. The molecule has 1 rings (SSSR count). The number of likely N-dealkylation sites (tertiary alicyclic amines) is 1. The van der Waals surface area contributed by atoms with Gasteiger partial charge >= 0.3 is 5.97 Å². The van der Waals surface area contributed by atoms with Gasteiger partial charge in [0.05, 0.1) is 19.7 Å². The Hall–Kier alpha value is -2.16. The van der Waals surface area contributed by atoms with Gasteiger partial charge in [-0.05, 0) is 24.7 Å². The topological polar surface area (TPSA) is 113 Å². The second-order valence-corrected chi connectivity index (χ2v) is 8.51. The highest BCUT2D eigenvalue weighted by molar-refractivity contribution is 5.93. The van der Waals surface area contributed by atoms with Gasteiger partial charge in [-0.2, -0.15) is 0 Å². The second-order valence-electron chi connectivity index (χ2n) is 8.51.